The molecule has 2 N–H and O–H groups in total. The number of hydrogen-bond acceptors (Lipinski definition) is 4. The van der Waals surface area contributed by atoms with E-state index in [-0.39, 0.29) is 5.91 Å². The highest BCUT2D eigenvalue weighted by Gasteiger charge is 2.30. The lowest BCUT2D eigenvalue weighted by Gasteiger charge is -2.29. The fourth-order valence-corrected chi connectivity index (χ4v) is 4.72. The second kappa shape index (κ2) is 6.25. The van der Waals surface area contributed by atoms with Crippen LogP contribution in [-0.2, 0) is 13.1 Å². The minimum absolute atomic E-state index is 0.0316. The smallest absolute Gasteiger partial charge is 0.270 e. The van der Waals surface area contributed by atoms with Crippen LogP contribution in [0.25, 0.3) is 10.2 Å². The van der Waals surface area contributed by atoms with Crippen molar-refractivity contribution in [1.29, 1.82) is 0 Å². The lowest BCUT2D eigenvalue weighted by atomic mass is 9.80. The third-order valence-corrected chi connectivity index (χ3v) is 6.55. The van der Waals surface area contributed by atoms with Crippen molar-refractivity contribution in [2.45, 2.75) is 44.9 Å². The molecule has 7 heteroatoms. The number of aliphatic hydroxyl groups excluding tert-OH is 1. The second-order valence-corrected chi connectivity index (χ2v) is 8.33. The van der Waals surface area contributed by atoms with Crippen LogP contribution in [0.1, 0.15) is 53.7 Å². The Morgan fingerprint density at radius 1 is 1.31 bits per heavy atom. The van der Waals surface area contributed by atoms with E-state index >= 15 is 0 Å². The first-order chi connectivity index (χ1) is 12.7. The molecule has 1 saturated carbocycles. The zero-order chi connectivity index (χ0) is 17.7. The fourth-order valence-electron chi connectivity index (χ4n) is 3.93. The highest BCUT2D eigenvalue weighted by molar-refractivity contribution is 7.17. The topological polar surface area (TPSA) is 74.2 Å². The highest BCUT2D eigenvalue weighted by Crippen LogP contribution is 2.37. The molecule has 0 spiro atoms. The Labute approximate surface area is 155 Å². The summed E-state index contributed by atoms with van der Waals surface area (Å²) in [4.78, 5) is 18.1. The SMILES string of the molecule is O=C(c1cc2sccc2[nH]1)N1CCCn2nc(C(O)C3CCC3)cc2C1. The lowest BCUT2D eigenvalue weighted by Crippen LogP contribution is -2.31. The molecule has 2 aliphatic rings. The van der Waals surface area contributed by atoms with Gasteiger partial charge in [-0.15, -0.1) is 11.3 Å². The third-order valence-electron chi connectivity index (χ3n) is 5.69. The van der Waals surface area contributed by atoms with E-state index in [1.807, 2.05) is 33.2 Å². The maximum absolute atomic E-state index is 13.0. The van der Waals surface area contributed by atoms with Gasteiger partial charge in [0.25, 0.3) is 5.91 Å². The average molecular weight is 370 g/mol. The zero-order valence-electron chi connectivity index (χ0n) is 14.5. The molecule has 136 valence electrons. The molecular weight excluding hydrogens is 348 g/mol. The van der Waals surface area contributed by atoms with E-state index in [4.69, 9.17) is 0 Å². The lowest BCUT2D eigenvalue weighted by molar-refractivity contribution is 0.0580. The van der Waals surface area contributed by atoms with Crippen molar-refractivity contribution < 1.29 is 9.90 Å². The summed E-state index contributed by atoms with van der Waals surface area (Å²) in [5.74, 6) is 0.378. The minimum Gasteiger partial charge on any atom is -0.386 e. The molecule has 4 heterocycles. The molecule has 1 aliphatic heterocycles. The van der Waals surface area contributed by atoms with Crippen molar-refractivity contribution in [3.8, 4) is 0 Å². The van der Waals surface area contributed by atoms with E-state index < -0.39 is 6.10 Å². The molecule has 1 amide bonds. The molecule has 0 aromatic carbocycles. The van der Waals surface area contributed by atoms with Crippen molar-refractivity contribution in [3.63, 3.8) is 0 Å². The van der Waals surface area contributed by atoms with E-state index in [9.17, 15) is 9.90 Å². The molecule has 1 atom stereocenters. The summed E-state index contributed by atoms with van der Waals surface area (Å²) < 4.78 is 3.08. The minimum atomic E-state index is -0.470. The number of aromatic nitrogens is 3. The maximum Gasteiger partial charge on any atom is 0.270 e. The first-order valence-corrected chi connectivity index (χ1v) is 10.2. The van der Waals surface area contributed by atoms with Crippen LogP contribution in [-0.4, -0.2) is 37.2 Å². The third kappa shape index (κ3) is 2.66. The van der Waals surface area contributed by atoms with Gasteiger partial charge in [-0.05, 0) is 48.8 Å². The van der Waals surface area contributed by atoms with Crippen LogP contribution in [0.5, 0.6) is 0 Å². The van der Waals surface area contributed by atoms with Crippen LogP contribution in [0.3, 0.4) is 0 Å². The zero-order valence-corrected chi connectivity index (χ0v) is 15.3. The number of carbonyl (C=O) groups excluding carboxylic acids is 1. The summed E-state index contributed by atoms with van der Waals surface area (Å²) in [7, 11) is 0. The van der Waals surface area contributed by atoms with Crippen LogP contribution in [0.15, 0.2) is 23.6 Å². The molecule has 3 aromatic rings. The number of carbonyl (C=O) groups is 1. The van der Waals surface area contributed by atoms with Gasteiger partial charge in [0.05, 0.1) is 28.1 Å². The number of aryl methyl sites for hydroxylation is 1. The summed E-state index contributed by atoms with van der Waals surface area (Å²) in [5, 5.41) is 17.2. The van der Waals surface area contributed by atoms with Crippen molar-refractivity contribution in [1.82, 2.24) is 19.7 Å². The Balaban J connectivity index is 1.38. The fraction of sp³-hybridized carbons (Fsp3) is 0.474. The maximum atomic E-state index is 13.0. The van der Waals surface area contributed by atoms with Crippen LogP contribution in [0.4, 0.5) is 0 Å². The number of hydrogen-bond donors (Lipinski definition) is 2. The molecule has 5 rings (SSSR count). The van der Waals surface area contributed by atoms with Gasteiger partial charge in [0.15, 0.2) is 0 Å². The molecular formula is C19H22N4O2S. The first-order valence-electron chi connectivity index (χ1n) is 9.29. The predicted octanol–water partition coefficient (Wildman–Crippen LogP) is 3.31. The first kappa shape index (κ1) is 16.1. The second-order valence-electron chi connectivity index (χ2n) is 7.38. The van der Waals surface area contributed by atoms with Crippen LogP contribution >= 0.6 is 11.3 Å². The van der Waals surface area contributed by atoms with Crippen molar-refractivity contribution >= 4 is 27.5 Å². The Kier molecular flexibility index (Phi) is 3.86. The number of nitrogens with one attached hydrogen (secondary N) is 1. The Morgan fingerprint density at radius 3 is 2.96 bits per heavy atom. The monoisotopic (exact) mass is 370 g/mol. The molecule has 0 radical (unpaired) electrons. The molecule has 6 nitrogen and oxygen atoms in total. The largest absolute Gasteiger partial charge is 0.386 e. The van der Waals surface area contributed by atoms with Gasteiger partial charge in [-0.25, -0.2) is 0 Å². The van der Waals surface area contributed by atoms with E-state index in [1.165, 1.54) is 6.42 Å². The van der Waals surface area contributed by atoms with Crippen molar-refractivity contribution in [3.05, 3.63) is 40.7 Å². The molecule has 1 unspecified atom stereocenters. The van der Waals surface area contributed by atoms with E-state index in [1.54, 1.807) is 11.3 Å². The molecule has 0 bridgehead atoms. The number of aromatic amines is 1. The quantitative estimate of drug-likeness (QED) is 0.743. The van der Waals surface area contributed by atoms with Gasteiger partial charge in [0.2, 0.25) is 0 Å². The van der Waals surface area contributed by atoms with Crippen LogP contribution in [0, 0.1) is 5.92 Å². The van der Waals surface area contributed by atoms with Gasteiger partial charge in [-0.2, -0.15) is 5.10 Å². The number of thiophene rings is 1. The summed E-state index contributed by atoms with van der Waals surface area (Å²) in [6.45, 7) is 2.04. The van der Waals surface area contributed by atoms with Crippen molar-refractivity contribution in [2.75, 3.05) is 6.54 Å². The summed E-state index contributed by atoms with van der Waals surface area (Å²) in [5.41, 5.74) is 3.44. The molecule has 26 heavy (non-hydrogen) atoms. The highest BCUT2D eigenvalue weighted by atomic mass is 32.1. The number of amides is 1. The van der Waals surface area contributed by atoms with E-state index in [0.29, 0.717) is 18.2 Å². The van der Waals surface area contributed by atoms with Crippen LogP contribution < -0.4 is 0 Å². The number of H-pyrrole nitrogens is 1. The predicted molar refractivity (Wildman–Crippen MR) is 100 cm³/mol. The van der Waals surface area contributed by atoms with E-state index in [2.05, 4.69) is 10.1 Å². The van der Waals surface area contributed by atoms with Crippen LogP contribution in [0.2, 0.25) is 0 Å². The van der Waals surface area contributed by atoms with Gasteiger partial charge in [0, 0.05) is 13.1 Å². The van der Waals surface area contributed by atoms with Gasteiger partial charge in [-0.3, -0.25) is 9.48 Å². The Bertz CT molecular complexity index is 923. The molecule has 1 aliphatic carbocycles. The van der Waals surface area contributed by atoms with Gasteiger partial charge in [-0.1, -0.05) is 6.42 Å². The van der Waals surface area contributed by atoms with Gasteiger partial charge in [0.1, 0.15) is 11.8 Å². The molecule has 0 saturated heterocycles. The molecule has 1 fully saturated rings. The standard InChI is InChI=1S/C19H22N4O2S/c24-18(12-3-1-4-12)15-9-13-11-22(6-2-7-23(13)21-15)19(25)16-10-17-14(20-16)5-8-26-17/h5,8-10,12,18,20,24H,1-4,6-7,11H2. The normalized spacial score (nSPS) is 19.2. The summed E-state index contributed by atoms with van der Waals surface area (Å²) in [6, 6.07) is 5.93. The number of aliphatic hydroxyl groups is 1. The summed E-state index contributed by atoms with van der Waals surface area (Å²) in [6.07, 6.45) is 3.76. The number of fused-ring (bicyclic) bond motifs is 2. The van der Waals surface area contributed by atoms with E-state index in [0.717, 1.165) is 54.0 Å². The van der Waals surface area contributed by atoms with Crippen molar-refractivity contribution in [2.24, 2.45) is 5.92 Å². The number of nitrogens with zero attached hydrogens (tertiary/aromatic N) is 3. The van der Waals surface area contributed by atoms with Gasteiger partial charge >= 0.3 is 0 Å². The Hall–Kier alpha value is -2.12. The summed E-state index contributed by atoms with van der Waals surface area (Å²) >= 11 is 1.64. The Morgan fingerprint density at radius 2 is 2.19 bits per heavy atom. The number of rotatable bonds is 3. The average Bonchev–Trinajstić information content (AvgIpc) is 3.24. The molecule has 3 aromatic heterocycles. The van der Waals surface area contributed by atoms with Gasteiger partial charge < -0.3 is 15.0 Å².